The molecule has 172 valence electrons. The summed E-state index contributed by atoms with van der Waals surface area (Å²) in [5.74, 6) is -0.269. The predicted molar refractivity (Wildman–Crippen MR) is 122 cm³/mol. The van der Waals surface area contributed by atoms with Crippen LogP contribution in [0.1, 0.15) is 50.5 Å². The molecule has 0 aromatic heterocycles. The average molecular weight is 441 g/mol. The highest BCUT2D eigenvalue weighted by Crippen LogP contribution is 2.51. The highest BCUT2D eigenvalue weighted by molar-refractivity contribution is 6.09. The molecule has 1 spiro atoms. The molecule has 2 aliphatic carbocycles. The number of β-amino-alcohol motifs (C(OH)–C–C–N with tert-alkyl or cyclic N) is 1. The van der Waals surface area contributed by atoms with Crippen LogP contribution in [0.4, 0.5) is 10.1 Å². The highest BCUT2D eigenvalue weighted by atomic mass is 19.1. The highest BCUT2D eigenvalue weighted by Gasteiger charge is 2.54. The Morgan fingerprint density at radius 1 is 1.12 bits per heavy atom. The number of hydrogen-bond acceptors (Lipinski definition) is 4. The lowest BCUT2D eigenvalue weighted by Crippen LogP contribution is -2.54. The van der Waals surface area contributed by atoms with Crippen LogP contribution in [0, 0.1) is 5.82 Å². The van der Waals surface area contributed by atoms with E-state index < -0.39 is 17.6 Å². The first-order chi connectivity index (χ1) is 15.6. The van der Waals surface area contributed by atoms with Crippen molar-refractivity contribution in [2.24, 2.45) is 0 Å². The van der Waals surface area contributed by atoms with Crippen molar-refractivity contribution in [2.75, 3.05) is 37.7 Å². The van der Waals surface area contributed by atoms with Gasteiger partial charge in [-0.25, -0.2) is 4.39 Å². The molecule has 1 saturated heterocycles. The Kier molecular flexibility index (Phi) is 6.19. The number of rotatable bonds is 5. The third kappa shape index (κ3) is 3.82. The Morgan fingerprint density at radius 3 is 2.62 bits per heavy atom. The Morgan fingerprint density at radius 2 is 1.91 bits per heavy atom. The Bertz CT molecular complexity index is 916. The van der Waals surface area contributed by atoms with Crippen LogP contribution in [-0.2, 0) is 14.9 Å². The number of benzene rings is 1. The third-order valence-electron chi connectivity index (χ3n) is 7.63. The van der Waals surface area contributed by atoms with E-state index in [0.717, 1.165) is 74.9 Å². The van der Waals surface area contributed by atoms with Gasteiger partial charge in [-0.05, 0) is 55.0 Å². The Labute approximate surface area is 189 Å². The quantitative estimate of drug-likeness (QED) is 0.759. The van der Waals surface area contributed by atoms with Crippen molar-refractivity contribution in [1.29, 1.82) is 0 Å². The van der Waals surface area contributed by atoms with E-state index in [9.17, 15) is 14.3 Å². The molecule has 1 aromatic carbocycles. The molecule has 0 bridgehead atoms. The van der Waals surface area contributed by atoms with Crippen LogP contribution < -0.4 is 4.90 Å². The molecule has 2 fully saturated rings. The summed E-state index contributed by atoms with van der Waals surface area (Å²) in [6.45, 7) is 3.35. The van der Waals surface area contributed by atoms with Crippen molar-refractivity contribution in [3.05, 3.63) is 53.4 Å². The minimum Gasteiger partial charge on any atom is -0.389 e. The number of carbonyl (C=O) groups is 1. The van der Waals surface area contributed by atoms with Gasteiger partial charge in [-0.15, -0.1) is 0 Å². The monoisotopic (exact) mass is 440 g/mol. The van der Waals surface area contributed by atoms with Gasteiger partial charge in [0.25, 0.3) is 0 Å². The number of carbonyl (C=O) groups excluding carboxylic acids is 1. The summed E-state index contributed by atoms with van der Waals surface area (Å²) in [4.78, 5) is 18.2. The van der Waals surface area contributed by atoms with Gasteiger partial charge >= 0.3 is 0 Å². The second kappa shape index (κ2) is 9.08. The van der Waals surface area contributed by atoms with Crippen LogP contribution in [0.25, 0.3) is 0 Å². The van der Waals surface area contributed by atoms with Crippen LogP contribution in [0.15, 0.2) is 42.0 Å². The molecule has 1 amide bonds. The second-order valence-electron chi connectivity index (χ2n) is 9.59. The van der Waals surface area contributed by atoms with E-state index in [0.29, 0.717) is 19.8 Å². The smallest absolute Gasteiger partial charge is 0.238 e. The maximum atomic E-state index is 14.4. The van der Waals surface area contributed by atoms with Gasteiger partial charge in [0.1, 0.15) is 5.82 Å². The number of fused-ring (bicyclic) bond motifs is 2. The van der Waals surface area contributed by atoms with Gasteiger partial charge in [0.05, 0.1) is 30.8 Å². The molecule has 32 heavy (non-hydrogen) atoms. The van der Waals surface area contributed by atoms with Crippen LogP contribution >= 0.6 is 0 Å². The summed E-state index contributed by atoms with van der Waals surface area (Å²) < 4.78 is 19.8. The van der Waals surface area contributed by atoms with E-state index in [-0.39, 0.29) is 11.7 Å². The largest absolute Gasteiger partial charge is 0.389 e. The molecule has 0 unspecified atom stereocenters. The van der Waals surface area contributed by atoms with Gasteiger partial charge < -0.3 is 14.7 Å². The van der Waals surface area contributed by atoms with Gasteiger partial charge in [0, 0.05) is 25.3 Å². The molecule has 1 saturated carbocycles. The minimum absolute atomic E-state index is 0.0312. The van der Waals surface area contributed by atoms with Crippen molar-refractivity contribution >= 4 is 11.6 Å². The fourth-order valence-corrected chi connectivity index (χ4v) is 6.02. The summed E-state index contributed by atoms with van der Waals surface area (Å²) in [6, 6.07) is 4.27. The standard InChI is InChI=1S/C26H33FN2O3/c27-20-9-10-22-21(17-20)26(11-5-2-6-12-26)25(31)29(22)24(19-7-3-1-4-8-19)23(30)18-28-13-15-32-16-14-28/h3,7-10,17,23-24,30H,1-2,4-6,11-16,18H2/t23-,24+/m1/s1. The first-order valence-corrected chi connectivity index (χ1v) is 12.1. The van der Waals surface area contributed by atoms with Crippen molar-refractivity contribution in [1.82, 2.24) is 4.90 Å². The van der Waals surface area contributed by atoms with E-state index in [4.69, 9.17) is 4.74 Å². The lowest BCUT2D eigenvalue weighted by atomic mass is 9.70. The zero-order valence-electron chi connectivity index (χ0n) is 18.6. The topological polar surface area (TPSA) is 53.0 Å². The predicted octanol–water partition coefficient (Wildman–Crippen LogP) is 3.71. The van der Waals surface area contributed by atoms with Crippen LogP contribution in [0.3, 0.4) is 0 Å². The zero-order valence-corrected chi connectivity index (χ0v) is 18.6. The summed E-state index contributed by atoms with van der Waals surface area (Å²) in [7, 11) is 0. The second-order valence-corrected chi connectivity index (χ2v) is 9.59. The molecule has 2 aliphatic heterocycles. The van der Waals surface area contributed by atoms with E-state index in [1.807, 2.05) is 4.90 Å². The molecule has 2 atom stereocenters. The number of ether oxygens (including phenoxy) is 1. The van der Waals surface area contributed by atoms with Gasteiger partial charge in [0.15, 0.2) is 0 Å². The van der Waals surface area contributed by atoms with E-state index in [1.165, 1.54) is 6.07 Å². The van der Waals surface area contributed by atoms with Gasteiger partial charge in [-0.1, -0.05) is 37.5 Å². The van der Waals surface area contributed by atoms with Crippen molar-refractivity contribution in [3.63, 3.8) is 0 Å². The first-order valence-electron chi connectivity index (χ1n) is 12.1. The molecular formula is C26H33FN2O3. The maximum absolute atomic E-state index is 14.4. The van der Waals surface area contributed by atoms with Gasteiger partial charge in [-0.3, -0.25) is 9.69 Å². The van der Waals surface area contributed by atoms with E-state index >= 15 is 0 Å². The maximum Gasteiger partial charge on any atom is 0.238 e. The molecule has 1 N–H and O–H groups in total. The molecule has 2 heterocycles. The number of hydrogen-bond donors (Lipinski definition) is 1. The number of morpholine rings is 1. The lowest BCUT2D eigenvalue weighted by molar-refractivity contribution is -0.125. The Balaban J connectivity index is 1.55. The number of amides is 1. The number of nitrogens with zero attached hydrogens (tertiary/aromatic N) is 2. The van der Waals surface area contributed by atoms with Gasteiger partial charge in [-0.2, -0.15) is 0 Å². The zero-order chi connectivity index (χ0) is 22.1. The fraction of sp³-hybridized carbons (Fsp3) is 0.577. The normalized spacial score (nSPS) is 25.0. The fourth-order valence-electron chi connectivity index (χ4n) is 6.02. The van der Waals surface area contributed by atoms with Gasteiger partial charge in [0.2, 0.25) is 5.91 Å². The summed E-state index contributed by atoms with van der Waals surface area (Å²) >= 11 is 0. The summed E-state index contributed by atoms with van der Waals surface area (Å²) in [5.41, 5.74) is 1.90. The van der Waals surface area contributed by atoms with Crippen LogP contribution in [0.2, 0.25) is 0 Å². The van der Waals surface area contributed by atoms with E-state index in [2.05, 4.69) is 23.1 Å². The molecule has 5 rings (SSSR count). The average Bonchev–Trinajstić information content (AvgIpc) is 3.04. The SMILES string of the molecule is O=C1N([C@@H](C2=CCCC=C2)[C@H](O)CN2CCOCC2)c2ccc(F)cc2C12CCCCC2. The third-order valence-corrected chi connectivity index (χ3v) is 7.63. The number of allylic oxidation sites excluding steroid dienone is 2. The van der Waals surface area contributed by atoms with Crippen molar-refractivity contribution in [3.8, 4) is 0 Å². The number of anilines is 1. The number of aliphatic hydroxyl groups is 1. The lowest BCUT2D eigenvalue weighted by Gasteiger charge is -2.39. The molecule has 0 radical (unpaired) electrons. The van der Waals surface area contributed by atoms with Crippen LogP contribution in [0.5, 0.6) is 0 Å². The first kappa shape index (κ1) is 21.8. The summed E-state index contributed by atoms with van der Waals surface area (Å²) in [6.07, 6.45) is 12.0. The molecular weight excluding hydrogens is 407 g/mol. The molecule has 6 heteroatoms. The molecule has 5 nitrogen and oxygen atoms in total. The molecule has 4 aliphatic rings. The van der Waals surface area contributed by atoms with Crippen molar-refractivity contribution in [2.45, 2.75) is 62.5 Å². The summed E-state index contributed by atoms with van der Waals surface area (Å²) in [5, 5.41) is 11.5. The van der Waals surface area contributed by atoms with Crippen molar-refractivity contribution < 1.29 is 19.0 Å². The van der Waals surface area contributed by atoms with Crippen LogP contribution in [-0.4, -0.2) is 60.9 Å². The minimum atomic E-state index is -0.748. The molecule has 1 aromatic rings. The van der Waals surface area contributed by atoms with E-state index in [1.54, 1.807) is 12.1 Å². The number of aliphatic hydroxyl groups excluding tert-OH is 1. The Hall–Kier alpha value is -2.02. The number of halogens is 1.